The molecule has 66 valence electrons. The molecular weight excluding hydrogens is 148 g/mol. The van der Waals surface area contributed by atoms with E-state index in [-0.39, 0.29) is 0 Å². The quantitative estimate of drug-likeness (QED) is 0.578. The van der Waals surface area contributed by atoms with Crippen molar-refractivity contribution in [3.8, 4) is 0 Å². The SMILES string of the molecule is C=C1CCC(C)O/C1=C/C=C\C. The molecular formula is C11H16O. The molecule has 0 amide bonds. The first-order valence-electron chi connectivity index (χ1n) is 4.42. The van der Waals surface area contributed by atoms with E-state index < -0.39 is 0 Å². The van der Waals surface area contributed by atoms with E-state index in [4.69, 9.17) is 4.74 Å². The molecule has 0 aromatic rings. The monoisotopic (exact) mass is 164 g/mol. The van der Waals surface area contributed by atoms with E-state index >= 15 is 0 Å². The summed E-state index contributed by atoms with van der Waals surface area (Å²) in [6, 6.07) is 0. The summed E-state index contributed by atoms with van der Waals surface area (Å²) in [6.45, 7) is 8.04. The molecule has 1 fully saturated rings. The molecule has 0 bridgehead atoms. The van der Waals surface area contributed by atoms with Crippen LogP contribution < -0.4 is 0 Å². The molecule has 12 heavy (non-hydrogen) atoms. The highest BCUT2D eigenvalue weighted by atomic mass is 16.5. The smallest absolute Gasteiger partial charge is 0.122 e. The molecule has 1 unspecified atom stereocenters. The average molecular weight is 164 g/mol. The van der Waals surface area contributed by atoms with Crippen LogP contribution in [0.3, 0.4) is 0 Å². The van der Waals surface area contributed by atoms with E-state index in [0.717, 1.165) is 24.2 Å². The van der Waals surface area contributed by atoms with Crippen LogP contribution in [0.2, 0.25) is 0 Å². The molecule has 1 heteroatoms. The molecule has 0 radical (unpaired) electrons. The number of hydrogen-bond donors (Lipinski definition) is 0. The highest BCUT2D eigenvalue weighted by Crippen LogP contribution is 2.25. The van der Waals surface area contributed by atoms with Crippen molar-refractivity contribution in [2.24, 2.45) is 0 Å². The second-order valence-electron chi connectivity index (χ2n) is 3.13. The molecule has 1 atom stereocenters. The number of allylic oxidation sites excluding steroid dienone is 4. The Morgan fingerprint density at radius 1 is 1.58 bits per heavy atom. The molecule has 1 heterocycles. The minimum absolute atomic E-state index is 0.340. The Labute approximate surface area is 74.4 Å². The van der Waals surface area contributed by atoms with Crippen LogP contribution in [0.1, 0.15) is 26.7 Å². The summed E-state index contributed by atoms with van der Waals surface area (Å²) in [5.41, 5.74) is 1.12. The first-order chi connectivity index (χ1) is 5.74. The molecule has 0 aromatic heterocycles. The maximum absolute atomic E-state index is 5.61. The third kappa shape index (κ3) is 2.26. The van der Waals surface area contributed by atoms with Crippen LogP contribution in [0.25, 0.3) is 0 Å². The number of rotatable bonds is 1. The third-order valence-corrected chi connectivity index (χ3v) is 1.97. The summed E-state index contributed by atoms with van der Waals surface area (Å²) in [5, 5.41) is 0. The van der Waals surface area contributed by atoms with Gasteiger partial charge in [-0.3, -0.25) is 0 Å². The Bertz CT molecular complexity index is 223. The van der Waals surface area contributed by atoms with Gasteiger partial charge in [0.2, 0.25) is 0 Å². The van der Waals surface area contributed by atoms with E-state index in [1.165, 1.54) is 0 Å². The first-order valence-corrected chi connectivity index (χ1v) is 4.42. The van der Waals surface area contributed by atoms with Crippen molar-refractivity contribution in [1.82, 2.24) is 0 Å². The van der Waals surface area contributed by atoms with Gasteiger partial charge in [-0.05, 0) is 38.3 Å². The van der Waals surface area contributed by atoms with Crippen LogP contribution in [0.15, 0.2) is 36.1 Å². The first kappa shape index (κ1) is 9.11. The fourth-order valence-electron chi connectivity index (χ4n) is 1.20. The van der Waals surface area contributed by atoms with Gasteiger partial charge >= 0.3 is 0 Å². The van der Waals surface area contributed by atoms with Gasteiger partial charge in [-0.25, -0.2) is 0 Å². The van der Waals surface area contributed by atoms with E-state index in [2.05, 4.69) is 13.5 Å². The second kappa shape index (κ2) is 4.15. The van der Waals surface area contributed by atoms with Crippen molar-refractivity contribution in [1.29, 1.82) is 0 Å². The Hall–Kier alpha value is -0.980. The number of ether oxygens (including phenoxy) is 1. The zero-order valence-electron chi connectivity index (χ0n) is 7.84. The van der Waals surface area contributed by atoms with Gasteiger partial charge in [-0.15, -0.1) is 0 Å². The van der Waals surface area contributed by atoms with Gasteiger partial charge in [0.25, 0.3) is 0 Å². The molecule has 1 nitrogen and oxygen atoms in total. The average Bonchev–Trinajstić information content (AvgIpc) is 2.07. The Balaban J connectivity index is 2.66. The van der Waals surface area contributed by atoms with Crippen molar-refractivity contribution in [2.75, 3.05) is 0 Å². The lowest BCUT2D eigenvalue weighted by Gasteiger charge is -2.24. The van der Waals surface area contributed by atoms with Crippen LogP contribution in [-0.2, 0) is 4.74 Å². The molecule has 0 N–H and O–H groups in total. The standard InChI is InChI=1S/C11H16O/c1-4-5-6-11-9(2)7-8-10(3)12-11/h4-6,10H,2,7-8H2,1,3H3/b5-4-,11-6+. The maximum atomic E-state index is 5.61. The summed E-state index contributed by atoms with van der Waals surface area (Å²) >= 11 is 0. The van der Waals surface area contributed by atoms with Crippen molar-refractivity contribution in [3.63, 3.8) is 0 Å². The van der Waals surface area contributed by atoms with Crippen LogP contribution in [-0.4, -0.2) is 6.10 Å². The summed E-state index contributed by atoms with van der Waals surface area (Å²) in [4.78, 5) is 0. The van der Waals surface area contributed by atoms with Gasteiger partial charge in [-0.2, -0.15) is 0 Å². The van der Waals surface area contributed by atoms with Gasteiger partial charge in [-0.1, -0.05) is 18.7 Å². The zero-order valence-corrected chi connectivity index (χ0v) is 7.84. The predicted octanol–water partition coefficient (Wildman–Crippen LogP) is 3.20. The molecule has 0 aromatic carbocycles. The highest BCUT2D eigenvalue weighted by molar-refractivity contribution is 5.28. The molecule has 1 rings (SSSR count). The van der Waals surface area contributed by atoms with Crippen molar-refractivity contribution < 1.29 is 4.74 Å². The summed E-state index contributed by atoms with van der Waals surface area (Å²) in [6.07, 6.45) is 8.45. The Kier molecular flexibility index (Phi) is 3.15. The molecule has 0 saturated carbocycles. The van der Waals surface area contributed by atoms with Gasteiger partial charge in [0, 0.05) is 0 Å². The Morgan fingerprint density at radius 3 is 3.00 bits per heavy atom. The zero-order chi connectivity index (χ0) is 8.97. The molecule has 0 spiro atoms. The van der Waals surface area contributed by atoms with Crippen LogP contribution in [0, 0.1) is 0 Å². The summed E-state index contributed by atoms with van der Waals surface area (Å²) in [7, 11) is 0. The molecule has 1 saturated heterocycles. The molecule has 1 aliphatic rings. The fourth-order valence-corrected chi connectivity index (χ4v) is 1.20. The minimum Gasteiger partial charge on any atom is -0.490 e. The van der Waals surface area contributed by atoms with Crippen LogP contribution in [0.4, 0.5) is 0 Å². The van der Waals surface area contributed by atoms with Crippen molar-refractivity contribution in [2.45, 2.75) is 32.8 Å². The van der Waals surface area contributed by atoms with E-state index in [1.807, 2.05) is 25.2 Å². The van der Waals surface area contributed by atoms with E-state index in [1.54, 1.807) is 0 Å². The van der Waals surface area contributed by atoms with Gasteiger partial charge in [0.1, 0.15) is 5.76 Å². The van der Waals surface area contributed by atoms with E-state index in [0.29, 0.717) is 6.10 Å². The fraction of sp³-hybridized carbons (Fsp3) is 0.455. The van der Waals surface area contributed by atoms with Crippen LogP contribution in [0.5, 0.6) is 0 Å². The van der Waals surface area contributed by atoms with Crippen LogP contribution >= 0.6 is 0 Å². The third-order valence-electron chi connectivity index (χ3n) is 1.97. The highest BCUT2D eigenvalue weighted by Gasteiger charge is 2.15. The number of hydrogen-bond acceptors (Lipinski definition) is 1. The normalized spacial score (nSPS) is 28.0. The van der Waals surface area contributed by atoms with Gasteiger partial charge in [0.15, 0.2) is 0 Å². The summed E-state index contributed by atoms with van der Waals surface area (Å²) in [5.74, 6) is 0.951. The Morgan fingerprint density at radius 2 is 2.33 bits per heavy atom. The van der Waals surface area contributed by atoms with Crippen molar-refractivity contribution >= 4 is 0 Å². The topological polar surface area (TPSA) is 9.23 Å². The van der Waals surface area contributed by atoms with Gasteiger partial charge < -0.3 is 4.74 Å². The minimum atomic E-state index is 0.340. The predicted molar refractivity (Wildman–Crippen MR) is 51.8 cm³/mol. The lowest BCUT2D eigenvalue weighted by Crippen LogP contribution is -2.15. The molecule has 0 aliphatic carbocycles. The second-order valence-corrected chi connectivity index (χ2v) is 3.13. The largest absolute Gasteiger partial charge is 0.490 e. The summed E-state index contributed by atoms with van der Waals surface area (Å²) < 4.78 is 5.61. The molecule has 1 aliphatic heterocycles. The lowest BCUT2D eigenvalue weighted by atomic mass is 10.0. The maximum Gasteiger partial charge on any atom is 0.122 e. The van der Waals surface area contributed by atoms with Crippen molar-refractivity contribution in [3.05, 3.63) is 36.1 Å². The lowest BCUT2D eigenvalue weighted by molar-refractivity contribution is 0.111. The van der Waals surface area contributed by atoms with E-state index in [9.17, 15) is 0 Å². The van der Waals surface area contributed by atoms with Gasteiger partial charge in [0.05, 0.1) is 6.10 Å².